The molecule has 0 aliphatic heterocycles. The van der Waals surface area contributed by atoms with Crippen molar-refractivity contribution >= 4 is 56.5 Å². The van der Waals surface area contributed by atoms with Crippen LogP contribution in [-0.4, -0.2) is 23.2 Å². The largest absolute Gasteiger partial charge is 0.508 e. The second kappa shape index (κ2) is 7.87. The molecule has 3 aromatic rings. The minimum Gasteiger partial charge on any atom is -0.508 e. The van der Waals surface area contributed by atoms with Crippen LogP contribution in [0.2, 0.25) is 20.1 Å². The Bertz CT molecular complexity index is 1150. The molecule has 3 N–H and O–H groups in total. The van der Waals surface area contributed by atoms with Crippen molar-refractivity contribution in [2.75, 3.05) is 0 Å². The lowest BCUT2D eigenvalue weighted by molar-refractivity contribution is 0.456. The molecule has 0 saturated heterocycles. The molecule has 0 aromatic heterocycles. The minimum absolute atomic E-state index is 0.00521. The van der Waals surface area contributed by atoms with Gasteiger partial charge in [-0.25, -0.2) is 0 Å². The molecular weight excluding hydrogens is 482 g/mol. The summed E-state index contributed by atoms with van der Waals surface area (Å²) in [6, 6.07) is 11.2. The lowest BCUT2D eigenvalue weighted by Gasteiger charge is -2.34. The summed E-state index contributed by atoms with van der Waals surface area (Å²) >= 11 is 24.8. The van der Waals surface area contributed by atoms with Crippen molar-refractivity contribution < 1.29 is 23.2 Å². The van der Waals surface area contributed by atoms with Crippen molar-refractivity contribution in [3.63, 3.8) is 0 Å². The van der Waals surface area contributed by atoms with E-state index in [1.165, 1.54) is 42.5 Å². The Morgan fingerprint density at radius 2 is 1.17 bits per heavy atom. The first kappa shape index (κ1) is 22.0. The molecule has 1 unspecified atom stereocenters. The van der Waals surface area contributed by atoms with E-state index in [4.69, 9.17) is 46.4 Å². The van der Waals surface area contributed by atoms with E-state index in [1.807, 2.05) is 0 Å². The van der Waals surface area contributed by atoms with Gasteiger partial charge in [0.25, 0.3) is 10.1 Å². The number of phenols is 2. The molecule has 3 aromatic carbocycles. The second-order valence-corrected chi connectivity index (χ2v) is 9.40. The monoisotopic (exact) mass is 492 g/mol. The smallest absolute Gasteiger partial charge is 0.283 e. The van der Waals surface area contributed by atoms with Crippen molar-refractivity contribution in [3.05, 3.63) is 91.4 Å². The summed E-state index contributed by atoms with van der Waals surface area (Å²) in [7, 11) is -5.04. The molecule has 0 spiro atoms. The summed E-state index contributed by atoms with van der Waals surface area (Å²) in [6.07, 6.45) is 0. The molecule has 0 amide bonds. The van der Waals surface area contributed by atoms with Crippen LogP contribution in [0.1, 0.15) is 16.7 Å². The van der Waals surface area contributed by atoms with Gasteiger partial charge in [0.15, 0.2) is 4.75 Å². The van der Waals surface area contributed by atoms with Crippen molar-refractivity contribution in [2.24, 2.45) is 0 Å². The van der Waals surface area contributed by atoms with Gasteiger partial charge in [0.2, 0.25) is 0 Å². The molecule has 0 bridgehead atoms. The zero-order chi connectivity index (χ0) is 21.6. The van der Waals surface area contributed by atoms with Gasteiger partial charge in [-0.2, -0.15) is 8.42 Å². The number of aromatic hydroxyl groups is 2. The van der Waals surface area contributed by atoms with Crippen molar-refractivity contribution in [3.8, 4) is 11.5 Å². The van der Waals surface area contributed by atoms with Gasteiger partial charge in [-0.15, -0.1) is 0 Å². The van der Waals surface area contributed by atoms with Gasteiger partial charge in [0.1, 0.15) is 11.5 Å². The van der Waals surface area contributed by atoms with E-state index < -0.39 is 14.9 Å². The fourth-order valence-corrected chi connectivity index (χ4v) is 5.96. The fourth-order valence-electron chi connectivity index (χ4n) is 3.23. The van der Waals surface area contributed by atoms with Gasteiger partial charge in [0, 0.05) is 15.6 Å². The molecule has 152 valence electrons. The van der Waals surface area contributed by atoms with Crippen LogP contribution in [0.5, 0.6) is 11.5 Å². The third-order valence-corrected chi connectivity index (χ3v) is 6.79. The van der Waals surface area contributed by atoms with Gasteiger partial charge in [-0.1, -0.05) is 58.5 Å². The first-order valence-electron chi connectivity index (χ1n) is 7.88. The first-order valence-corrected chi connectivity index (χ1v) is 10.8. The van der Waals surface area contributed by atoms with E-state index >= 15 is 0 Å². The van der Waals surface area contributed by atoms with Gasteiger partial charge in [0.05, 0.1) is 10.0 Å². The topological polar surface area (TPSA) is 94.8 Å². The first-order chi connectivity index (χ1) is 13.5. The van der Waals surface area contributed by atoms with Gasteiger partial charge in [-0.05, 0) is 53.6 Å². The highest BCUT2D eigenvalue weighted by Gasteiger charge is 2.51. The molecule has 3 rings (SSSR count). The SMILES string of the molecule is O=S(=O)(O)C(c1ccc(O)cc1)(c1cc(Cl)cc(Cl)c1)c1c(Cl)cc(O)cc1Cl. The van der Waals surface area contributed by atoms with Crippen LogP contribution in [0.4, 0.5) is 0 Å². The third kappa shape index (κ3) is 3.89. The fraction of sp³-hybridized carbons (Fsp3) is 0.0526. The molecule has 0 aliphatic rings. The summed E-state index contributed by atoms with van der Waals surface area (Å²) in [5.74, 6) is -0.437. The Labute approximate surface area is 186 Å². The number of benzene rings is 3. The molecular formula is C19H12Cl4O5S. The molecule has 0 saturated carbocycles. The number of hydrogen-bond acceptors (Lipinski definition) is 4. The zero-order valence-electron chi connectivity index (χ0n) is 14.3. The third-order valence-electron chi connectivity index (χ3n) is 4.31. The summed E-state index contributed by atoms with van der Waals surface area (Å²) < 4.78 is 34.1. The molecule has 0 fully saturated rings. The van der Waals surface area contributed by atoms with Crippen molar-refractivity contribution in [1.82, 2.24) is 0 Å². The van der Waals surface area contributed by atoms with Crippen LogP contribution < -0.4 is 0 Å². The predicted molar refractivity (Wildman–Crippen MR) is 114 cm³/mol. The number of hydrogen-bond donors (Lipinski definition) is 3. The van der Waals surface area contributed by atoms with Crippen LogP contribution in [0.15, 0.2) is 54.6 Å². The standard InChI is InChI=1S/C19H12Cl4O5S/c20-12-5-11(6-13(21)7-12)19(29(26,27)28,10-1-3-14(24)4-2-10)18-16(22)8-15(25)9-17(18)23/h1-9,24-25H,(H,26,27,28). The van der Waals surface area contributed by atoms with E-state index in [-0.39, 0.29) is 48.3 Å². The van der Waals surface area contributed by atoms with Gasteiger partial charge >= 0.3 is 0 Å². The lowest BCUT2D eigenvalue weighted by atomic mass is 9.83. The maximum Gasteiger partial charge on any atom is 0.283 e. The van der Waals surface area contributed by atoms with Gasteiger partial charge < -0.3 is 10.2 Å². The Morgan fingerprint density at radius 3 is 1.62 bits per heavy atom. The van der Waals surface area contributed by atoms with E-state index in [2.05, 4.69) is 0 Å². The number of halogens is 4. The summed E-state index contributed by atoms with van der Waals surface area (Å²) in [6.45, 7) is 0. The van der Waals surface area contributed by atoms with Gasteiger partial charge in [-0.3, -0.25) is 4.55 Å². The second-order valence-electron chi connectivity index (χ2n) is 6.15. The van der Waals surface area contributed by atoms with E-state index in [0.717, 1.165) is 12.1 Å². The highest BCUT2D eigenvalue weighted by molar-refractivity contribution is 7.87. The number of phenolic OH excluding ortho intramolecular Hbond substituents is 2. The highest BCUT2D eigenvalue weighted by Crippen LogP contribution is 2.50. The molecule has 0 radical (unpaired) electrons. The van der Waals surface area contributed by atoms with Crippen LogP contribution in [0, 0.1) is 0 Å². The summed E-state index contributed by atoms with van der Waals surface area (Å²) in [4.78, 5) is 0. The van der Waals surface area contributed by atoms with Crippen LogP contribution in [-0.2, 0) is 14.9 Å². The molecule has 1 atom stereocenters. The Kier molecular flexibility index (Phi) is 5.98. The molecule has 10 heteroatoms. The van der Waals surface area contributed by atoms with Crippen LogP contribution in [0.3, 0.4) is 0 Å². The normalized spacial score (nSPS) is 13.8. The molecule has 0 heterocycles. The Balaban J connectivity index is 2.61. The summed E-state index contributed by atoms with van der Waals surface area (Å²) in [5.41, 5.74) is -0.256. The average Bonchev–Trinajstić information content (AvgIpc) is 2.57. The number of rotatable bonds is 4. The highest BCUT2D eigenvalue weighted by atomic mass is 35.5. The maximum absolute atomic E-state index is 13.0. The predicted octanol–water partition coefficient (Wildman–Crippen LogP) is 5.89. The molecule has 0 aliphatic carbocycles. The van der Waals surface area contributed by atoms with Crippen LogP contribution in [0.25, 0.3) is 0 Å². The van der Waals surface area contributed by atoms with E-state index in [9.17, 15) is 23.2 Å². The Morgan fingerprint density at radius 1 is 0.690 bits per heavy atom. The lowest BCUT2D eigenvalue weighted by Crippen LogP contribution is -2.39. The van der Waals surface area contributed by atoms with E-state index in [0.29, 0.717) is 0 Å². The average molecular weight is 494 g/mol. The minimum atomic E-state index is -5.04. The zero-order valence-corrected chi connectivity index (χ0v) is 18.1. The quantitative estimate of drug-likeness (QED) is 0.311. The summed E-state index contributed by atoms with van der Waals surface area (Å²) in [5, 5.41) is 19.2. The molecule has 5 nitrogen and oxygen atoms in total. The molecule has 29 heavy (non-hydrogen) atoms. The Hall–Kier alpha value is -1.67. The maximum atomic E-state index is 13.0. The van der Waals surface area contributed by atoms with Crippen molar-refractivity contribution in [1.29, 1.82) is 0 Å². The van der Waals surface area contributed by atoms with E-state index in [1.54, 1.807) is 0 Å². The van der Waals surface area contributed by atoms with Crippen molar-refractivity contribution in [2.45, 2.75) is 4.75 Å². The van der Waals surface area contributed by atoms with Crippen LogP contribution >= 0.6 is 46.4 Å².